The maximum Gasteiger partial charge on any atom is 0.233 e. The number of hydrogen-bond donors (Lipinski definition) is 0. The average Bonchev–Trinajstić information content (AvgIpc) is 2.90. The largest absolute Gasteiger partial charge is 0.326 e. The van der Waals surface area contributed by atoms with Crippen LogP contribution < -0.4 is 0 Å². The van der Waals surface area contributed by atoms with Crippen molar-refractivity contribution in [3.63, 3.8) is 0 Å². The van der Waals surface area contributed by atoms with E-state index in [1.54, 1.807) is 16.7 Å². The topological polar surface area (TPSA) is 20.3 Å². The lowest BCUT2D eigenvalue weighted by Crippen LogP contribution is -2.32. The van der Waals surface area contributed by atoms with Gasteiger partial charge in [0, 0.05) is 6.54 Å². The molecule has 1 unspecified atom stereocenters. The molecule has 1 heterocycles. The molecule has 0 radical (unpaired) electrons. The lowest BCUT2D eigenvalue weighted by Gasteiger charge is -2.24. The number of carbonyl (C=O) groups excluding carboxylic acids is 1. The molecule has 0 aliphatic carbocycles. The highest BCUT2D eigenvalue weighted by atomic mass is 32.2. The van der Waals surface area contributed by atoms with Gasteiger partial charge in [0.1, 0.15) is 0 Å². The summed E-state index contributed by atoms with van der Waals surface area (Å²) in [6, 6.07) is 13.9. The number of rotatable bonds is 5. The quantitative estimate of drug-likeness (QED) is 0.824. The first kappa shape index (κ1) is 16.0. The molecular formula is C18H17F2NOS. The molecule has 0 spiro atoms. The van der Waals surface area contributed by atoms with Crippen LogP contribution in [0.5, 0.6) is 0 Å². The number of carbonyl (C=O) groups is 1. The Kier molecular flexibility index (Phi) is 4.96. The molecule has 0 saturated carbocycles. The van der Waals surface area contributed by atoms with Crippen molar-refractivity contribution >= 4 is 17.7 Å². The molecule has 2 nitrogen and oxygen atoms in total. The van der Waals surface area contributed by atoms with E-state index in [1.165, 1.54) is 17.7 Å². The van der Waals surface area contributed by atoms with Crippen molar-refractivity contribution in [2.45, 2.75) is 24.8 Å². The molecule has 1 amide bonds. The highest BCUT2D eigenvalue weighted by molar-refractivity contribution is 8.00. The zero-order valence-corrected chi connectivity index (χ0v) is 13.4. The smallest absolute Gasteiger partial charge is 0.233 e. The van der Waals surface area contributed by atoms with Crippen molar-refractivity contribution in [3.05, 3.63) is 71.3 Å². The third-order valence-corrected chi connectivity index (χ3v) is 5.22. The standard InChI is InChI=1S/C18H17F2NOS/c19-15-8-6-14(10-16(15)20)11-21-17(22)12-23-18(21)9-7-13-4-2-1-3-5-13/h1-6,8,10,18H,7,9,11-12H2. The first-order valence-corrected chi connectivity index (χ1v) is 8.57. The Hall–Kier alpha value is -1.88. The van der Waals surface area contributed by atoms with Gasteiger partial charge in [-0.2, -0.15) is 0 Å². The molecule has 23 heavy (non-hydrogen) atoms. The van der Waals surface area contributed by atoms with Crippen molar-refractivity contribution in [2.24, 2.45) is 0 Å². The minimum Gasteiger partial charge on any atom is -0.326 e. The second-order valence-electron chi connectivity index (χ2n) is 5.56. The van der Waals surface area contributed by atoms with Gasteiger partial charge < -0.3 is 4.90 Å². The zero-order chi connectivity index (χ0) is 16.2. The van der Waals surface area contributed by atoms with Gasteiger partial charge in [-0.3, -0.25) is 4.79 Å². The monoisotopic (exact) mass is 333 g/mol. The Bertz CT molecular complexity index is 693. The highest BCUT2D eigenvalue weighted by Crippen LogP contribution is 2.30. The van der Waals surface area contributed by atoms with E-state index < -0.39 is 11.6 Å². The summed E-state index contributed by atoms with van der Waals surface area (Å²) in [4.78, 5) is 13.9. The number of aryl methyl sites for hydroxylation is 1. The summed E-state index contributed by atoms with van der Waals surface area (Å²) in [5.41, 5.74) is 1.85. The Labute approximate surface area is 138 Å². The van der Waals surface area contributed by atoms with E-state index in [9.17, 15) is 13.6 Å². The molecule has 0 aromatic heterocycles. The van der Waals surface area contributed by atoms with Gasteiger partial charge in [-0.15, -0.1) is 11.8 Å². The Balaban J connectivity index is 1.66. The van der Waals surface area contributed by atoms with E-state index in [4.69, 9.17) is 0 Å². The number of thioether (sulfide) groups is 1. The Morgan fingerprint density at radius 2 is 1.83 bits per heavy atom. The van der Waals surface area contributed by atoms with Crippen LogP contribution in [-0.2, 0) is 17.8 Å². The molecule has 2 aromatic rings. The maximum absolute atomic E-state index is 13.3. The van der Waals surface area contributed by atoms with Gasteiger partial charge >= 0.3 is 0 Å². The molecule has 2 aromatic carbocycles. The summed E-state index contributed by atoms with van der Waals surface area (Å²) in [5.74, 6) is -1.24. The van der Waals surface area contributed by atoms with Gasteiger partial charge in [-0.1, -0.05) is 36.4 Å². The van der Waals surface area contributed by atoms with Gasteiger partial charge in [-0.25, -0.2) is 8.78 Å². The second kappa shape index (κ2) is 7.13. The molecule has 5 heteroatoms. The first-order chi connectivity index (χ1) is 11.1. The molecule has 1 fully saturated rings. The van der Waals surface area contributed by atoms with E-state index in [2.05, 4.69) is 12.1 Å². The molecule has 1 aliphatic heterocycles. The van der Waals surface area contributed by atoms with Crippen LogP contribution in [0.2, 0.25) is 0 Å². The van der Waals surface area contributed by atoms with Crippen LogP contribution in [-0.4, -0.2) is 21.9 Å². The normalized spacial score (nSPS) is 17.7. The molecule has 0 N–H and O–H groups in total. The van der Waals surface area contributed by atoms with E-state index in [1.807, 2.05) is 18.2 Å². The lowest BCUT2D eigenvalue weighted by atomic mass is 10.1. The third kappa shape index (κ3) is 3.91. The fourth-order valence-corrected chi connectivity index (χ4v) is 3.86. The number of hydrogen-bond acceptors (Lipinski definition) is 2. The van der Waals surface area contributed by atoms with Crippen LogP contribution in [0.1, 0.15) is 17.5 Å². The van der Waals surface area contributed by atoms with Gasteiger partial charge in [-0.05, 0) is 36.1 Å². The fourth-order valence-electron chi connectivity index (χ4n) is 2.70. The predicted octanol–water partition coefficient (Wildman–Crippen LogP) is 4.00. The van der Waals surface area contributed by atoms with Crippen LogP contribution in [0.15, 0.2) is 48.5 Å². The van der Waals surface area contributed by atoms with E-state index in [0.29, 0.717) is 17.9 Å². The van der Waals surface area contributed by atoms with E-state index >= 15 is 0 Å². The van der Waals surface area contributed by atoms with Gasteiger partial charge in [0.15, 0.2) is 11.6 Å². The Morgan fingerprint density at radius 3 is 2.57 bits per heavy atom. The molecule has 1 aliphatic rings. The predicted molar refractivity (Wildman–Crippen MR) is 87.9 cm³/mol. The van der Waals surface area contributed by atoms with Gasteiger partial charge in [0.05, 0.1) is 11.1 Å². The molecular weight excluding hydrogens is 316 g/mol. The zero-order valence-electron chi connectivity index (χ0n) is 12.5. The number of nitrogens with zero attached hydrogens (tertiary/aromatic N) is 1. The first-order valence-electron chi connectivity index (χ1n) is 7.52. The van der Waals surface area contributed by atoms with Crippen molar-refractivity contribution in [2.75, 3.05) is 5.75 Å². The minimum absolute atomic E-state index is 0.0535. The Morgan fingerprint density at radius 1 is 1.04 bits per heavy atom. The van der Waals surface area contributed by atoms with Crippen LogP contribution in [0, 0.1) is 11.6 Å². The maximum atomic E-state index is 13.3. The summed E-state index contributed by atoms with van der Waals surface area (Å²) in [5, 5.41) is 0.0795. The van der Waals surface area contributed by atoms with Crippen molar-refractivity contribution in [1.29, 1.82) is 0 Å². The number of amides is 1. The summed E-state index contributed by atoms with van der Waals surface area (Å²) in [6.45, 7) is 0.322. The molecule has 1 atom stereocenters. The molecule has 0 bridgehead atoms. The van der Waals surface area contributed by atoms with Gasteiger partial charge in [0.2, 0.25) is 5.91 Å². The van der Waals surface area contributed by atoms with Crippen molar-refractivity contribution < 1.29 is 13.6 Å². The van der Waals surface area contributed by atoms with E-state index in [-0.39, 0.29) is 11.3 Å². The average molecular weight is 333 g/mol. The van der Waals surface area contributed by atoms with E-state index in [0.717, 1.165) is 18.9 Å². The minimum atomic E-state index is -0.873. The van der Waals surface area contributed by atoms with Gasteiger partial charge in [0.25, 0.3) is 0 Å². The lowest BCUT2D eigenvalue weighted by molar-refractivity contribution is -0.128. The third-order valence-electron chi connectivity index (χ3n) is 3.93. The SMILES string of the molecule is O=C1CSC(CCc2ccccc2)N1Cc1ccc(F)c(F)c1. The second-order valence-corrected chi connectivity index (χ2v) is 6.73. The number of benzene rings is 2. The molecule has 3 rings (SSSR count). The van der Waals surface area contributed by atoms with Crippen LogP contribution >= 0.6 is 11.8 Å². The van der Waals surface area contributed by atoms with Crippen LogP contribution in [0.4, 0.5) is 8.78 Å². The molecule has 1 saturated heterocycles. The molecule has 120 valence electrons. The summed E-state index contributed by atoms with van der Waals surface area (Å²) >= 11 is 1.61. The summed E-state index contributed by atoms with van der Waals surface area (Å²) < 4.78 is 26.3. The van der Waals surface area contributed by atoms with Crippen LogP contribution in [0.25, 0.3) is 0 Å². The highest BCUT2D eigenvalue weighted by Gasteiger charge is 2.31. The van der Waals surface area contributed by atoms with Crippen molar-refractivity contribution in [1.82, 2.24) is 4.90 Å². The van der Waals surface area contributed by atoms with Crippen LogP contribution in [0.3, 0.4) is 0 Å². The fraction of sp³-hybridized carbons (Fsp3) is 0.278. The summed E-state index contributed by atoms with van der Waals surface area (Å²) in [6.07, 6.45) is 1.74. The summed E-state index contributed by atoms with van der Waals surface area (Å²) in [7, 11) is 0. The number of halogens is 2. The van der Waals surface area contributed by atoms with Crippen molar-refractivity contribution in [3.8, 4) is 0 Å².